The Hall–Kier alpha value is -3.58. The van der Waals surface area contributed by atoms with Crippen molar-refractivity contribution in [2.75, 3.05) is 26.3 Å². The molecular weight excluding hydrogens is 697 g/mol. The van der Waals surface area contributed by atoms with Gasteiger partial charge in [-0.1, -0.05) is 173 Å². The molecule has 0 aliphatic heterocycles. The summed E-state index contributed by atoms with van der Waals surface area (Å²) >= 11 is 0. The predicted molar refractivity (Wildman–Crippen MR) is 235 cm³/mol. The molecule has 1 atom stereocenters. The molecule has 7 nitrogen and oxygen atoms in total. The van der Waals surface area contributed by atoms with E-state index in [0.717, 1.165) is 24.3 Å². The van der Waals surface area contributed by atoms with Crippen LogP contribution in [0.2, 0.25) is 0 Å². The highest BCUT2D eigenvalue weighted by molar-refractivity contribution is 6.04. The lowest BCUT2D eigenvalue weighted by Gasteiger charge is -2.12. The van der Waals surface area contributed by atoms with Crippen molar-refractivity contribution >= 4 is 17.8 Å². The maximum absolute atomic E-state index is 12.5. The van der Waals surface area contributed by atoms with Crippen LogP contribution in [-0.2, 0) is 0 Å². The van der Waals surface area contributed by atoms with Gasteiger partial charge in [-0.05, 0) is 54.8 Å². The van der Waals surface area contributed by atoms with Crippen molar-refractivity contribution in [2.24, 2.45) is 4.99 Å². The summed E-state index contributed by atoms with van der Waals surface area (Å²) in [5.41, 5.74) is 1.13. The van der Waals surface area contributed by atoms with Crippen LogP contribution in [0.25, 0.3) is 5.76 Å². The van der Waals surface area contributed by atoms with Crippen molar-refractivity contribution in [3.8, 4) is 11.5 Å². The minimum atomic E-state index is -0.766. The molecule has 0 saturated carbocycles. The van der Waals surface area contributed by atoms with Crippen LogP contribution in [0.5, 0.6) is 11.5 Å². The first-order valence-corrected chi connectivity index (χ1v) is 22.5. The standard InChI is InChI=1S/C49H78N2O5/c1-3-5-7-9-11-13-15-17-19-21-23-25-39-55-46-31-27-43(28-32-46)48(53)35-37-50-41-45(52)42-51-38-36-49(54)44-29-33-47(34-30-44)56-40-26-24-22-20-18-16-14-12-10-8-6-4-2/h27-38,45,50,52,54H,3-26,39-42H2,1-2H3/p-1. The zero-order chi connectivity index (χ0) is 40.2. The Morgan fingerprint density at radius 1 is 0.625 bits per heavy atom. The summed E-state index contributed by atoms with van der Waals surface area (Å²) in [5, 5.41) is 25.7. The van der Waals surface area contributed by atoms with E-state index in [2.05, 4.69) is 24.2 Å². The van der Waals surface area contributed by atoms with Gasteiger partial charge in [0.1, 0.15) is 11.5 Å². The molecule has 0 aliphatic carbocycles. The third-order valence-corrected chi connectivity index (χ3v) is 10.2. The van der Waals surface area contributed by atoms with Gasteiger partial charge in [-0.3, -0.25) is 9.79 Å². The number of aliphatic imine (C=N–C) groups is 1. The fraction of sp³-hybridized carbons (Fsp3) is 0.633. The fourth-order valence-corrected chi connectivity index (χ4v) is 6.60. The number of unbranched alkanes of at least 4 members (excludes halogenated alkanes) is 22. The SMILES string of the molecule is CCCCCCCCCCCCCCOc1ccc(C(=O)C=CNCC(O)CN=CC=C([O-])c2ccc(OCCCCCCCCCCCCCC)cc2)cc1. The first-order chi connectivity index (χ1) is 27.5. The third-order valence-electron chi connectivity index (χ3n) is 10.2. The van der Waals surface area contributed by atoms with Gasteiger partial charge in [0.15, 0.2) is 5.78 Å². The molecule has 0 heterocycles. The van der Waals surface area contributed by atoms with Crippen molar-refractivity contribution < 1.29 is 24.5 Å². The molecule has 2 aromatic rings. The van der Waals surface area contributed by atoms with Crippen LogP contribution in [0.4, 0.5) is 0 Å². The Labute approximate surface area is 341 Å². The van der Waals surface area contributed by atoms with Crippen LogP contribution in [0.1, 0.15) is 184 Å². The maximum Gasteiger partial charge on any atom is 0.187 e. The summed E-state index contributed by atoms with van der Waals surface area (Å²) in [7, 11) is 0. The van der Waals surface area contributed by atoms with Crippen LogP contribution >= 0.6 is 0 Å². The third kappa shape index (κ3) is 26.3. The molecule has 0 fully saturated rings. The molecule has 0 spiro atoms. The highest BCUT2D eigenvalue weighted by Crippen LogP contribution is 2.18. The van der Waals surface area contributed by atoms with Crippen LogP contribution in [0, 0.1) is 0 Å². The molecule has 2 rings (SSSR count). The molecule has 0 saturated heterocycles. The molecule has 0 aliphatic rings. The lowest BCUT2D eigenvalue weighted by atomic mass is 10.1. The van der Waals surface area contributed by atoms with E-state index < -0.39 is 6.10 Å². The quantitative estimate of drug-likeness (QED) is 0.0233. The molecule has 56 heavy (non-hydrogen) atoms. The minimum absolute atomic E-state index is 0.130. The lowest BCUT2D eigenvalue weighted by molar-refractivity contribution is -0.243. The monoisotopic (exact) mass is 774 g/mol. The number of hydrogen-bond donors (Lipinski definition) is 2. The summed E-state index contributed by atoms with van der Waals surface area (Å²) in [6.45, 7) is 6.27. The Balaban J connectivity index is 1.50. The number of nitrogens with zero attached hydrogens (tertiary/aromatic N) is 1. The van der Waals surface area contributed by atoms with Gasteiger partial charge in [0.25, 0.3) is 0 Å². The van der Waals surface area contributed by atoms with Gasteiger partial charge in [-0.2, -0.15) is 0 Å². The maximum atomic E-state index is 12.5. The average molecular weight is 774 g/mol. The normalized spacial score (nSPS) is 12.4. The number of rotatable bonds is 37. The van der Waals surface area contributed by atoms with E-state index in [0.29, 0.717) is 24.3 Å². The highest BCUT2D eigenvalue weighted by Gasteiger charge is 2.04. The van der Waals surface area contributed by atoms with Crippen LogP contribution in [0.3, 0.4) is 0 Å². The van der Waals surface area contributed by atoms with Gasteiger partial charge in [0.05, 0.1) is 25.9 Å². The number of benzene rings is 2. The second kappa shape index (κ2) is 34.7. The molecule has 0 radical (unpaired) electrons. The zero-order valence-electron chi connectivity index (χ0n) is 35.3. The van der Waals surface area contributed by atoms with Gasteiger partial charge in [-0.25, -0.2) is 0 Å². The predicted octanol–water partition coefficient (Wildman–Crippen LogP) is 12.0. The summed E-state index contributed by atoms with van der Waals surface area (Å²) in [4.78, 5) is 16.7. The summed E-state index contributed by atoms with van der Waals surface area (Å²) in [6.07, 6.45) is 36.6. The topological polar surface area (TPSA) is 103 Å². The number of carbonyl (C=O) groups is 1. The Morgan fingerprint density at radius 3 is 1.45 bits per heavy atom. The van der Waals surface area contributed by atoms with Crippen molar-refractivity contribution in [3.63, 3.8) is 0 Å². The second-order valence-electron chi connectivity index (χ2n) is 15.3. The van der Waals surface area contributed by atoms with Crippen LogP contribution < -0.4 is 19.9 Å². The lowest BCUT2D eigenvalue weighted by Crippen LogP contribution is -2.25. The molecule has 2 N–H and O–H groups in total. The Bertz CT molecular complexity index is 1300. The second-order valence-corrected chi connectivity index (χ2v) is 15.3. The zero-order valence-corrected chi connectivity index (χ0v) is 35.3. The summed E-state index contributed by atoms with van der Waals surface area (Å²) in [6, 6.07) is 14.4. The molecule has 1 unspecified atom stereocenters. The number of aliphatic hydroxyl groups is 1. The molecule has 0 amide bonds. The van der Waals surface area contributed by atoms with E-state index in [1.54, 1.807) is 24.3 Å². The summed E-state index contributed by atoms with van der Waals surface area (Å²) in [5.74, 6) is 1.25. The van der Waals surface area contributed by atoms with E-state index >= 15 is 0 Å². The average Bonchev–Trinajstić information content (AvgIpc) is 3.22. The Kier molecular flexibility index (Phi) is 30.1. The number of hydrogen-bond acceptors (Lipinski definition) is 7. The van der Waals surface area contributed by atoms with Gasteiger partial charge in [0.2, 0.25) is 0 Å². The molecule has 2 aromatic carbocycles. The number of carbonyl (C=O) groups excluding carboxylic acids is 1. The first kappa shape index (κ1) is 48.6. The molecule has 0 aromatic heterocycles. The van der Waals surface area contributed by atoms with E-state index in [1.165, 1.54) is 166 Å². The number of ether oxygens (including phenoxy) is 2. The number of ketones is 1. The van der Waals surface area contributed by atoms with Crippen LogP contribution in [0.15, 0.2) is 71.9 Å². The minimum Gasteiger partial charge on any atom is -0.872 e. The van der Waals surface area contributed by atoms with Crippen molar-refractivity contribution in [1.29, 1.82) is 0 Å². The van der Waals surface area contributed by atoms with Crippen molar-refractivity contribution in [1.82, 2.24) is 5.32 Å². The Morgan fingerprint density at radius 2 is 1.02 bits per heavy atom. The first-order valence-electron chi connectivity index (χ1n) is 22.5. The molecule has 0 bridgehead atoms. The smallest absolute Gasteiger partial charge is 0.187 e. The fourth-order valence-electron chi connectivity index (χ4n) is 6.60. The number of nitrogens with one attached hydrogen (secondary N) is 1. The van der Waals surface area contributed by atoms with Gasteiger partial charge >= 0.3 is 0 Å². The van der Waals surface area contributed by atoms with Gasteiger partial charge < -0.3 is 25.0 Å². The van der Waals surface area contributed by atoms with E-state index in [-0.39, 0.29) is 24.6 Å². The molecule has 314 valence electrons. The van der Waals surface area contributed by atoms with E-state index in [4.69, 9.17) is 9.47 Å². The van der Waals surface area contributed by atoms with Crippen molar-refractivity contribution in [3.05, 3.63) is 78.0 Å². The highest BCUT2D eigenvalue weighted by atomic mass is 16.5. The van der Waals surface area contributed by atoms with E-state index in [9.17, 15) is 15.0 Å². The largest absolute Gasteiger partial charge is 0.872 e. The van der Waals surface area contributed by atoms with Crippen molar-refractivity contribution in [2.45, 2.75) is 174 Å². The van der Waals surface area contributed by atoms with Gasteiger partial charge in [-0.15, -0.1) is 5.76 Å². The van der Waals surface area contributed by atoms with E-state index in [1.807, 2.05) is 24.3 Å². The van der Waals surface area contributed by atoms with Gasteiger partial charge in [0, 0.05) is 30.6 Å². The number of allylic oxidation sites excluding steroid dienone is 2. The molecular formula is C49H77N2O5-. The molecule has 7 heteroatoms. The van der Waals surface area contributed by atoms with Crippen LogP contribution in [-0.4, -0.2) is 49.5 Å². The number of aliphatic hydroxyl groups excluding tert-OH is 1. The summed E-state index contributed by atoms with van der Waals surface area (Å²) < 4.78 is 11.7.